The number of carboxylic acids is 1. The third-order valence-electron chi connectivity index (χ3n) is 6.04. The Labute approximate surface area is 214 Å². The SMILES string of the molecule is CC(OCc1ccc(CN)cc1)c1cccc2c(-c3ccc(CS(C)(=O)=O)c(Cl)c3)c(C(=O)O)[nH]c12. The summed E-state index contributed by atoms with van der Waals surface area (Å²) in [7, 11) is -3.27. The number of benzene rings is 3. The first-order chi connectivity index (χ1) is 17.1. The molecular weight excluding hydrogens is 500 g/mol. The van der Waals surface area contributed by atoms with Crippen molar-refractivity contribution < 1.29 is 23.1 Å². The van der Waals surface area contributed by atoms with E-state index in [-0.39, 0.29) is 22.6 Å². The standard InChI is InChI=1S/C27H27ClN2O5S/c1-16(35-14-18-8-6-17(13-29)7-9-18)21-4-3-5-22-24(26(27(31)32)30-25(21)22)19-10-11-20(23(28)12-19)15-36(2,33)34/h3-12,16,30H,13-15,29H2,1-2H3,(H,31,32). The summed E-state index contributed by atoms with van der Waals surface area (Å²) >= 11 is 6.39. The molecule has 0 aliphatic carbocycles. The Morgan fingerprint density at radius 1 is 1.11 bits per heavy atom. The number of nitrogens with two attached hydrogens (primary N) is 1. The number of carboxylic acid groups (broad SMARTS) is 1. The van der Waals surface area contributed by atoms with E-state index in [1.54, 1.807) is 18.2 Å². The van der Waals surface area contributed by atoms with Crippen LogP contribution in [0, 0.1) is 0 Å². The number of carbonyl (C=O) groups is 1. The fourth-order valence-corrected chi connectivity index (χ4v) is 5.37. The van der Waals surface area contributed by atoms with Gasteiger partial charge in [0.2, 0.25) is 0 Å². The maximum absolute atomic E-state index is 12.2. The quantitative estimate of drug-likeness (QED) is 0.266. The van der Waals surface area contributed by atoms with Gasteiger partial charge in [-0.1, -0.05) is 66.2 Å². The first kappa shape index (κ1) is 25.9. The molecule has 0 amide bonds. The number of para-hydroxylation sites is 1. The van der Waals surface area contributed by atoms with E-state index in [2.05, 4.69) is 4.98 Å². The van der Waals surface area contributed by atoms with Gasteiger partial charge in [0.15, 0.2) is 9.84 Å². The second-order valence-electron chi connectivity index (χ2n) is 8.80. The molecule has 1 atom stereocenters. The predicted octanol–water partition coefficient (Wildman–Crippen LogP) is 5.47. The largest absolute Gasteiger partial charge is 0.477 e. The Hall–Kier alpha value is -3.17. The Morgan fingerprint density at radius 3 is 2.42 bits per heavy atom. The summed E-state index contributed by atoms with van der Waals surface area (Å²) in [6.45, 7) is 2.78. The van der Waals surface area contributed by atoms with Crippen LogP contribution in [0.3, 0.4) is 0 Å². The van der Waals surface area contributed by atoms with Gasteiger partial charge in [0.1, 0.15) is 5.69 Å². The van der Waals surface area contributed by atoms with Crippen LogP contribution in [0.4, 0.5) is 0 Å². The monoisotopic (exact) mass is 526 g/mol. The lowest BCUT2D eigenvalue weighted by Gasteiger charge is -2.15. The lowest BCUT2D eigenvalue weighted by atomic mass is 9.98. The lowest BCUT2D eigenvalue weighted by molar-refractivity contribution is 0.0533. The number of aromatic amines is 1. The van der Waals surface area contributed by atoms with Gasteiger partial charge in [-0.25, -0.2) is 13.2 Å². The molecule has 188 valence electrons. The fraction of sp³-hybridized carbons (Fsp3) is 0.222. The number of H-pyrrole nitrogens is 1. The molecule has 1 aromatic heterocycles. The van der Waals surface area contributed by atoms with Crippen LogP contribution in [0.15, 0.2) is 60.7 Å². The Morgan fingerprint density at radius 2 is 1.81 bits per heavy atom. The van der Waals surface area contributed by atoms with Gasteiger partial charge in [-0.2, -0.15) is 0 Å². The molecule has 0 radical (unpaired) electrons. The molecule has 0 fully saturated rings. The molecule has 0 saturated heterocycles. The molecule has 7 nitrogen and oxygen atoms in total. The van der Waals surface area contributed by atoms with Crippen molar-refractivity contribution in [3.8, 4) is 11.1 Å². The Balaban J connectivity index is 1.70. The van der Waals surface area contributed by atoms with E-state index in [0.29, 0.717) is 40.7 Å². The van der Waals surface area contributed by atoms with Gasteiger partial charge in [0.05, 0.1) is 24.0 Å². The van der Waals surface area contributed by atoms with Crippen LogP contribution in [0.25, 0.3) is 22.0 Å². The molecular formula is C27H27ClN2O5S. The minimum absolute atomic E-state index is 0.0222. The van der Waals surface area contributed by atoms with E-state index in [0.717, 1.165) is 22.9 Å². The fourth-order valence-electron chi connectivity index (χ4n) is 4.22. The third-order valence-corrected chi connectivity index (χ3v) is 7.22. The van der Waals surface area contributed by atoms with Crippen molar-refractivity contribution in [2.75, 3.05) is 6.26 Å². The highest BCUT2D eigenvalue weighted by molar-refractivity contribution is 7.89. The highest BCUT2D eigenvalue weighted by Gasteiger charge is 2.23. The van der Waals surface area contributed by atoms with Gasteiger partial charge >= 0.3 is 5.97 Å². The average molecular weight is 527 g/mol. The average Bonchev–Trinajstić information content (AvgIpc) is 3.23. The van der Waals surface area contributed by atoms with Crippen molar-refractivity contribution in [3.63, 3.8) is 0 Å². The van der Waals surface area contributed by atoms with Crippen LogP contribution in [-0.4, -0.2) is 30.7 Å². The van der Waals surface area contributed by atoms with E-state index < -0.39 is 15.8 Å². The zero-order valence-corrected chi connectivity index (χ0v) is 21.5. The topological polar surface area (TPSA) is 122 Å². The van der Waals surface area contributed by atoms with Crippen molar-refractivity contribution in [2.45, 2.75) is 31.9 Å². The van der Waals surface area contributed by atoms with Crippen LogP contribution in [0.1, 0.15) is 45.8 Å². The summed E-state index contributed by atoms with van der Waals surface area (Å²) in [4.78, 5) is 15.2. The van der Waals surface area contributed by atoms with Crippen molar-refractivity contribution in [1.82, 2.24) is 4.98 Å². The van der Waals surface area contributed by atoms with Crippen molar-refractivity contribution in [1.29, 1.82) is 0 Å². The number of sulfone groups is 1. The molecule has 3 aromatic carbocycles. The van der Waals surface area contributed by atoms with E-state index in [4.69, 9.17) is 22.1 Å². The molecule has 4 rings (SSSR count). The van der Waals surface area contributed by atoms with Gasteiger partial charge in [-0.05, 0) is 35.2 Å². The predicted molar refractivity (Wildman–Crippen MR) is 142 cm³/mol. The summed E-state index contributed by atoms with van der Waals surface area (Å²) in [5.41, 5.74) is 10.7. The summed E-state index contributed by atoms with van der Waals surface area (Å²) in [5.74, 6) is -1.31. The molecule has 0 aliphatic rings. The number of hydrogen-bond acceptors (Lipinski definition) is 5. The normalized spacial score (nSPS) is 12.7. The maximum Gasteiger partial charge on any atom is 0.352 e. The first-order valence-electron chi connectivity index (χ1n) is 11.3. The van der Waals surface area contributed by atoms with Gasteiger partial charge in [0, 0.05) is 34.3 Å². The molecule has 4 N–H and O–H groups in total. The molecule has 0 aliphatic heterocycles. The number of aromatic carboxylic acids is 1. The molecule has 0 spiro atoms. The van der Waals surface area contributed by atoms with Crippen LogP contribution in [-0.2, 0) is 33.5 Å². The summed E-state index contributed by atoms with van der Waals surface area (Å²) in [6, 6.07) is 18.4. The summed E-state index contributed by atoms with van der Waals surface area (Å²) in [6.07, 6.45) is 0.816. The van der Waals surface area contributed by atoms with Crippen molar-refractivity contribution >= 4 is 38.3 Å². The highest BCUT2D eigenvalue weighted by Crippen LogP contribution is 2.38. The smallest absolute Gasteiger partial charge is 0.352 e. The number of hydrogen-bond donors (Lipinski definition) is 3. The van der Waals surface area contributed by atoms with E-state index >= 15 is 0 Å². The summed E-state index contributed by atoms with van der Waals surface area (Å²) < 4.78 is 29.5. The Kier molecular flexibility index (Phi) is 7.51. The van der Waals surface area contributed by atoms with Crippen molar-refractivity contribution in [3.05, 3.63) is 93.6 Å². The van der Waals surface area contributed by atoms with E-state index in [1.165, 1.54) is 0 Å². The lowest BCUT2D eigenvalue weighted by Crippen LogP contribution is -2.02. The number of aromatic nitrogens is 1. The maximum atomic E-state index is 12.2. The van der Waals surface area contributed by atoms with Crippen LogP contribution < -0.4 is 5.73 Å². The Bertz CT molecular complexity index is 1530. The van der Waals surface area contributed by atoms with Crippen LogP contribution >= 0.6 is 11.6 Å². The van der Waals surface area contributed by atoms with Crippen molar-refractivity contribution in [2.24, 2.45) is 5.73 Å². The zero-order chi connectivity index (χ0) is 26.0. The number of halogens is 1. The molecule has 9 heteroatoms. The molecule has 1 heterocycles. The molecule has 0 bridgehead atoms. The molecule has 36 heavy (non-hydrogen) atoms. The highest BCUT2D eigenvalue weighted by atomic mass is 35.5. The van der Waals surface area contributed by atoms with Gasteiger partial charge in [-0.3, -0.25) is 0 Å². The third kappa shape index (κ3) is 5.63. The summed E-state index contributed by atoms with van der Waals surface area (Å²) in [5, 5.41) is 10.9. The zero-order valence-electron chi connectivity index (χ0n) is 19.9. The number of nitrogens with one attached hydrogen (secondary N) is 1. The minimum atomic E-state index is -3.27. The number of fused-ring (bicyclic) bond motifs is 1. The molecule has 0 saturated carbocycles. The van der Waals surface area contributed by atoms with Crippen LogP contribution in [0.5, 0.6) is 0 Å². The number of ether oxygens (including phenoxy) is 1. The van der Waals surface area contributed by atoms with Crippen LogP contribution in [0.2, 0.25) is 5.02 Å². The molecule has 4 aromatic rings. The second-order valence-corrected chi connectivity index (χ2v) is 11.3. The van der Waals surface area contributed by atoms with E-state index in [1.807, 2.05) is 49.4 Å². The van der Waals surface area contributed by atoms with Gasteiger partial charge < -0.3 is 20.6 Å². The first-order valence-corrected chi connectivity index (χ1v) is 13.7. The van der Waals surface area contributed by atoms with E-state index in [9.17, 15) is 18.3 Å². The van der Waals surface area contributed by atoms with Gasteiger partial charge in [0.25, 0.3) is 0 Å². The second kappa shape index (κ2) is 10.4. The molecule has 1 unspecified atom stereocenters. The number of rotatable bonds is 9. The minimum Gasteiger partial charge on any atom is -0.477 e. The van der Waals surface area contributed by atoms with Gasteiger partial charge in [-0.15, -0.1) is 0 Å².